The van der Waals surface area contributed by atoms with Gasteiger partial charge in [0.2, 0.25) is 0 Å². The first-order chi connectivity index (χ1) is 9.24. The molecule has 1 heterocycles. The summed E-state index contributed by atoms with van der Waals surface area (Å²) in [6.07, 6.45) is 3.79. The maximum absolute atomic E-state index is 6.05. The number of alkyl halides is 1. The lowest BCUT2D eigenvalue weighted by atomic mass is 10.1. The van der Waals surface area contributed by atoms with Crippen molar-refractivity contribution in [2.45, 2.75) is 38.2 Å². The summed E-state index contributed by atoms with van der Waals surface area (Å²) in [6, 6.07) is 6.32. The van der Waals surface area contributed by atoms with E-state index in [1.165, 1.54) is 24.1 Å². The van der Waals surface area contributed by atoms with Gasteiger partial charge in [0.05, 0.1) is 6.10 Å². The van der Waals surface area contributed by atoms with E-state index in [9.17, 15) is 0 Å². The molecular formula is C15H21BrClNO. The average molecular weight is 347 g/mol. The molecule has 2 nitrogen and oxygen atoms in total. The van der Waals surface area contributed by atoms with Crippen molar-refractivity contribution in [3.8, 4) is 0 Å². The first-order valence-electron chi connectivity index (χ1n) is 6.95. The molecule has 1 fully saturated rings. The van der Waals surface area contributed by atoms with Crippen molar-refractivity contribution < 1.29 is 4.74 Å². The van der Waals surface area contributed by atoms with Gasteiger partial charge in [0.1, 0.15) is 0 Å². The third-order valence-electron chi connectivity index (χ3n) is 3.47. The van der Waals surface area contributed by atoms with Crippen molar-refractivity contribution in [2.75, 3.05) is 24.6 Å². The van der Waals surface area contributed by atoms with Crippen LogP contribution in [0, 0.1) is 0 Å². The van der Waals surface area contributed by atoms with Gasteiger partial charge in [-0.15, -0.1) is 11.6 Å². The fourth-order valence-corrected chi connectivity index (χ4v) is 3.10. The quantitative estimate of drug-likeness (QED) is 0.723. The van der Waals surface area contributed by atoms with E-state index in [1.807, 2.05) is 0 Å². The Morgan fingerprint density at radius 3 is 3.05 bits per heavy atom. The molecule has 0 aliphatic carbocycles. The lowest BCUT2D eigenvalue weighted by molar-refractivity contribution is 0.0440. The summed E-state index contributed by atoms with van der Waals surface area (Å²) < 4.78 is 7.01. The highest BCUT2D eigenvalue weighted by molar-refractivity contribution is 9.10. The Morgan fingerprint density at radius 1 is 1.47 bits per heavy atom. The molecular weight excluding hydrogens is 326 g/mol. The Kier molecular flexibility index (Phi) is 5.99. The van der Waals surface area contributed by atoms with Gasteiger partial charge in [-0.3, -0.25) is 0 Å². The molecule has 4 heteroatoms. The second kappa shape index (κ2) is 7.51. The van der Waals surface area contributed by atoms with Gasteiger partial charge in [0.25, 0.3) is 0 Å². The average Bonchev–Trinajstić information content (AvgIpc) is 2.45. The van der Waals surface area contributed by atoms with Gasteiger partial charge in [-0.05, 0) is 37.0 Å². The molecule has 1 aliphatic rings. The molecule has 106 valence electrons. The molecule has 2 rings (SSSR count). The largest absolute Gasteiger partial charge is 0.376 e. The summed E-state index contributed by atoms with van der Waals surface area (Å²) >= 11 is 9.60. The second-order valence-electron chi connectivity index (χ2n) is 4.99. The Balaban J connectivity index is 2.10. The smallest absolute Gasteiger partial charge is 0.0750 e. The molecule has 1 aromatic rings. The van der Waals surface area contributed by atoms with Crippen LogP contribution in [0.15, 0.2) is 22.7 Å². The van der Waals surface area contributed by atoms with E-state index in [1.54, 1.807) is 0 Å². The van der Waals surface area contributed by atoms with Crippen molar-refractivity contribution in [3.63, 3.8) is 0 Å². The molecule has 0 aromatic heterocycles. The van der Waals surface area contributed by atoms with E-state index in [-0.39, 0.29) is 0 Å². The van der Waals surface area contributed by atoms with Crippen LogP contribution in [0.2, 0.25) is 0 Å². The molecule has 1 aromatic carbocycles. The molecule has 0 bridgehead atoms. The van der Waals surface area contributed by atoms with E-state index in [4.69, 9.17) is 16.3 Å². The highest BCUT2D eigenvalue weighted by Gasteiger charge is 2.22. The Hall–Kier alpha value is -0.250. The molecule has 0 N–H and O–H groups in total. The van der Waals surface area contributed by atoms with E-state index >= 15 is 0 Å². The Labute approximate surface area is 129 Å². The number of nitrogens with zero attached hydrogens (tertiary/aromatic N) is 1. The zero-order valence-electron chi connectivity index (χ0n) is 11.4. The third-order valence-corrected chi connectivity index (χ3v) is 4.25. The van der Waals surface area contributed by atoms with Crippen molar-refractivity contribution in [1.29, 1.82) is 0 Å². The zero-order valence-corrected chi connectivity index (χ0v) is 13.7. The Morgan fingerprint density at radius 2 is 2.32 bits per heavy atom. The maximum Gasteiger partial charge on any atom is 0.0750 e. The topological polar surface area (TPSA) is 12.5 Å². The second-order valence-corrected chi connectivity index (χ2v) is 6.17. The van der Waals surface area contributed by atoms with Gasteiger partial charge < -0.3 is 9.64 Å². The number of benzene rings is 1. The monoisotopic (exact) mass is 345 g/mol. The van der Waals surface area contributed by atoms with Gasteiger partial charge in [-0.1, -0.05) is 28.9 Å². The number of hydrogen-bond acceptors (Lipinski definition) is 2. The summed E-state index contributed by atoms with van der Waals surface area (Å²) in [7, 11) is 0. The molecule has 0 saturated carbocycles. The van der Waals surface area contributed by atoms with Gasteiger partial charge in [-0.25, -0.2) is 0 Å². The molecule has 1 aliphatic heterocycles. The van der Waals surface area contributed by atoms with Crippen LogP contribution in [0.4, 0.5) is 5.69 Å². The van der Waals surface area contributed by atoms with Gasteiger partial charge >= 0.3 is 0 Å². The van der Waals surface area contributed by atoms with Crippen LogP contribution < -0.4 is 4.90 Å². The molecule has 0 spiro atoms. The lowest BCUT2D eigenvalue weighted by Gasteiger charge is -2.35. The predicted molar refractivity (Wildman–Crippen MR) is 85.2 cm³/mol. The van der Waals surface area contributed by atoms with Gasteiger partial charge in [0, 0.05) is 35.7 Å². The molecule has 1 saturated heterocycles. The first kappa shape index (κ1) is 15.1. The van der Waals surface area contributed by atoms with Crippen LogP contribution in [0.1, 0.15) is 31.7 Å². The highest BCUT2D eigenvalue weighted by Crippen LogP contribution is 2.29. The Bertz CT molecular complexity index is 413. The molecule has 1 atom stereocenters. The van der Waals surface area contributed by atoms with Crippen LogP contribution in [-0.2, 0) is 10.6 Å². The molecule has 0 amide bonds. The number of ether oxygens (including phenoxy) is 1. The van der Waals surface area contributed by atoms with E-state index in [0.29, 0.717) is 12.0 Å². The normalized spacial score (nSPS) is 19.7. The van der Waals surface area contributed by atoms with E-state index < -0.39 is 0 Å². The maximum atomic E-state index is 6.05. The minimum absolute atomic E-state index is 0.357. The summed E-state index contributed by atoms with van der Waals surface area (Å²) in [4.78, 5) is 2.41. The molecule has 0 radical (unpaired) electrons. The third kappa shape index (κ3) is 4.11. The summed E-state index contributed by atoms with van der Waals surface area (Å²) in [5, 5.41) is 0. The van der Waals surface area contributed by atoms with Crippen molar-refractivity contribution in [3.05, 3.63) is 28.2 Å². The van der Waals surface area contributed by atoms with Crippen LogP contribution in [0.3, 0.4) is 0 Å². The lowest BCUT2D eigenvalue weighted by Crippen LogP contribution is -2.40. The van der Waals surface area contributed by atoms with Gasteiger partial charge in [0.15, 0.2) is 0 Å². The number of rotatable bonds is 5. The van der Waals surface area contributed by atoms with Gasteiger partial charge in [-0.2, -0.15) is 0 Å². The highest BCUT2D eigenvalue weighted by atomic mass is 79.9. The van der Waals surface area contributed by atoms with Crippen LogP contribution in [-0.4, -0.2) is 25.8 Å². The van der Waals surface area contributed by atoms with Crippen molar-refractivity contribution >= 4 is 33.2 Å². The SMILES string of the molecule is CCCOC1CCCN(c2cc(Br)ccc2CCl)C1. The number of halogens is 2. The minimum atomic E-state index is 0.357. The number of hydrogen-bond donors (Lipinski definition) is 0. The molecule has 19 heavy (non-hydrogen) atoms. The first-order valence-corrected chi connectivity index (χ1v) is 8.28. The van der Waals surface area contributed by atoms with E-state index in [2.05, 4.69) is 46.0 Å². The van der Waals surface area contributed by atoms with Crippen LogP contribution in [0.25, 0.3) is 0 Å². The summed E-state index contributed by atoms with van der Waals surface area (Å²) in [5.41, 5.74) is 2.44. The summed E-state index contributed by atoms with van der Waals surface area (Å²) in [6.45, 7) is 5.08. The number of piperidine rings is 1. The minimum Gasteiger partial charge on any atom is -0.376 e. The van der Waals surface area contributed by atoms with Crippen LogP contribution >= 0.6 is 27.5 Å². The van der Waals surface area contributed by atoms with Crippen molar-refractivity contribution in [2.24, 2.45) is 0 Å². The predicted octanol–water partition coefficient (Wildman–Crippen LogP) is 4.58. The fraction of sp³-hybridized carbons (Fsp3) is 0.600. The standard InChI is InChI=1S/C15H21BrClNO/c1-2-8-19-14-4-3-7-18(11-14)15-9-13(16)6-5-12(15)10-17/h5-6,9,14H,2-4,7-8,10-11H2,1H3. The molecule has 1 unspecified atom stereocenters. The zero-order chi connectivity index (χ0) is 13.7. The fourth-order valence-electron chi connectivity index (χ4n) is 2.52. The van der Waals surface area contributed by atoms with Crippen LogP contribution in [0.5, 0.6) is 0 Å². The van der Waals surface area contributed by atoms with E-state index in [0.717, 1.165) is 30.6 Å². The number of anilines is 1. The van der Waals surface area contributed by atoms with Crippen molar-refractivity contribution in [1.82, 2.24) is 0 Å². The summed E-state index contributed by atoms with van der Waals surface area (Å²) in [5.74, 6) is 0.555.